The molecule has 1 saturated heterocycles. The number of hydrogen-bond acceptors (Lipinski definition) is 2. The molecule has 2 heteroatoms. The normalized spacial score (nSPS) is 23.3. The van der Waals surface area contributed by atoms with Crippen LogP contribution in [-0.2, 0) is 4.74 Å². The van der Waals surface area contributed by atoms with Crippen molar-refractivity contribution in [3.8, 4) is 0 Å². The molecular formula is C7H15NO. The van der Waals surface area contributed by atoms with Crippen molar-refractivity contribution in [2.24, 2.45) is 11.1 Å². The molecule has 1 heterocycles. The molecule has 0 radical (unpaired) electrons. The molecule has 0 unspecified atom stereocenters. The molecule has 1 aliphatic heterocycles. The van der Waals surface area contributed by atoms with Gasteiger partial charge in [0.15, 0.2) is 0 Å². The van der Waals surface area contributed by atoms with E-state index in [1.54, 1.807) is 0 Å². The maximum atomic E-state index is 5.44. The largest absolute Gasteiger partial charge is 0.380 e. The zero-order valence-corrected chi connectivity index (χ0v) is 6.02. The summed E-state index contributed by atoms with van der Waals surface area (Å²) in [5, 5.41) is 0. The highest BCUT2D eigenvalue weighted by Crippen LogP contribution is 2.33. The number of hydrogen-bond donors (Lipinski definition) is 1. The zero-order valence-electron chi connectivity index (χ0n) is 6.02. The summed E-state index contributed by atoms with van der Waals surface area (Å²) in [5.74, 6) is 0. The van der Waals surface area contributed by atoms with Gasteiger partial charge >= 0.3 is 0 Å². The minimum atomic E-state index is 0.467. The van der Waals surface area contributed by atoms with Crippen molar-refractivity contribution in [2.75, 3.05) is 19.8 Å². The molecule has 1 aliphatic rings. The van der Waals surface area contributed by atoms with Gasteiger partial charge in [0, 0.05) is 5.41 Å². The highest BCUT2D eigenvalue weighted by Gasteiger charge is 2.35. The average molecular weight is 129 g/mol. The lowest BCUT2D eigenvalue weighted by atomic mass is 9.80. The number of nitrogens with two attached hydrogens (primary N) is 1. The summed E-state index contributed by atoms with van der Waals surface area (Å²) in [6.45, 7) is 4.87. The maximum absolute atomic E-state index is 5.44. The molecule has 2 nitrogen and oxygen atoms in total. The summed E-state index contributed by atoms with van der Waals surface area (Å²) in [7, 11) is 0. The van der Waals surface area contributed by atoms with Crippen LogP contribution in [0.2, 0.25) is 0 Å². The summed E-state index contributed by atoms with van der Waals surface area (Å²) >= 11 is 0. The number of ether oxygens (including phenoxy) is 1. The fraction of sp³-hybridized carbons (Fsp3) is 1.00. The van der Waals surface area contributed by atoms with Gasteiger partial charge in [-0.05, 0) is 19.4 Å². The van der Waals surface area contributed by atoms with Crippen molar-refractivity contribution in [3.63, 3.8) is 0 Å². The Hall–Kier alpha value is -0.0800. The van der Waals surface area contributed by atoms with Crippen LogP contribution >= 0.6 is 0 Å². The minimum Gasteiger partial charge on any atom is -0.380 e. The summed E-state index contributed by atoms with van der Waals surface area (Å²) in [4.78, 5) is 0. The first-order chi connectivity index (χ1) is 4.33. The van der Waals surface area contributed by atoms with Gasteiger partial charge in [-0.2, -0.15) is 0 Å². The van der Waals surface area contributed by atoms with Gasteiger partial charge in [0.25, 0.3) is 0 Å². The van der Waals surface area contributed by atoms with Gasteiger partial charge in [-0.1, -0.05) is 6.92 Å². The molecule has 1 fully saturated rings. The van der Waals surface area contributed by atoms with Crippen LogP contribution in [0.1, 0.15) is 19.8 Å². The van der Waals surface area contributed by atoms with Crippen LogP contribution in [0.5, 0.6) is 0 Å². The Bertz CT molecular complexity index is 83.4. The molecule has 2 N–H and O–H groups in total. The molecule has 0 aromatic rings. The van der Waals surface area contributed by atoms with Crippen molar-refractivity contribution in [2.45, 2.75) is 19.8 Å². The molecule has 0 spiro atoms. The highest BCUT2D eigenvalue weighted by atomic mass is 16.5. The Morgan fingerprint density at radius 1 is 1.56 bits per heavy atom. The van der Waals surface area contributed by atoms with Crippen molar-refractivity contribution in [3.05, 3.63) is 0 Å². The first-order valence-electron chi connectivity index (χ1n) is 3.61. The lowest BCUT2D eigenvalue weighted by Gasteiger charge is -2.40. The van der Waals surface area contributed by atoms with Gasteiger partial charge < -0.3 is 10.5 Å². The quantitative estimate of drug-likeness (QED) is 0.610. The van der Waals surface area contributed by atoms with Crippen LogP contribution < -0.4 is 5.73 Å². The molecule has 0 atom stereocenters. The smallest absolute Gasteiger partial charge is 0.0545 e. The summed E-state index contributed by atoms with van der Waals surface area (Å²) in [6.07, 6.45) is 2.34. The second-order valence-corrected chi connectivity index (χ2v) is 2.89. The summed E-state index contributed by atoms with van der Waals surface area (Å²) < 4.78 is 5.13. The van der Waals surface area contributed by atoms with Crippen LogP contribution in [0, 0.1) is 5.41 Å². The Morgan fingerprint density at radius 3 is 2.33 bits per heavy atom. The topological polar surface area (TPSA) is 35.2 Å². The monoisotopic (exact) mass is 129 g/mol. The Balaban J connectivity index is 2.28. The third kappa shape index (κ3) is 1.25. The summed E-state index contributed by atoms with van der Waals surface area (Å²) in [6, 6.07) is 0. The van der Waals surface area contributed by atoms with Crippen molar-refractivity contribution >= 4 is 0 Å². The van der Waals surface area contributed by atoms with Crippen LogP contribution in [-0.4, -0.2) is 19.8 Å². The van der Waals surface area contributed by atoms with Gasteiger partial charge in [-0.15, -0.1) is 0 Å². The lowest BCUT2D eigenvalue weighted by molar-refractivity contribution is -0.117. The van der Waals surface area contributed by atoms with E-state index in [-0.39, 0.29) is 0 Å². The van der Waals surface area contributed by atoms with E-state index in [2.05, 4.69) is 6.92 Å². The lowest BCUT2D eigenvalue weighted by Crippen LogP contribution is -2.43. The zero-order chi connectivity index (χ0) is 6.74. The van der Waals surface area contributed by atoms with Gasteiger partial charge in [-0.3, -0.25) is 0 Å². The van der Waals surface area contributed by atoms with E-state index in [1.165, 1.54) is 6.42 Å². The summed E-state index contributed by atoms with van der Waals surface area (Å²) in [5.41, 5.74) is 5.91. The van der Waals surface area contributed by atoms with E-state index in [0.29, 0.717) is 5.41 Å². The maximum Gasteiger partial charge on any atom is 0.0545 e. The minimum absolute atomic E-state index is 0.467. The third-order valence-corrected chi connectivity index (χ3v) is 2.24. The third-order valence-electron chi connectivity index (χ3n) is 2.24. The van der Waals surface area contributed by atoms with E-state index in [9.17, 15) is 0 Å². The molecule has 0 aliphatic carbocycles. The van der Waals surface area contributed by atoms with Gasteiger partial charge in [0.05, 0.1) is 13.2 Å². The van der Waals surface area contributed by atoms with Crippen LogP contribution in [0.25, 0.3) is 0 Å². The van der Waals surface area contributed by atoms with Crippen molar-refractivity contribution in [1.29, 1.82) is 0 Å². The van der Waals surface area contributed by atoms with E-state index >= 15 is 0 Å². The van der Waals surface area contributed by atoms with Crippen LogP contribution in [0.15, 0.2) is 0 Å². The first-order valence-corrected chi connectivity index (χ1v) is 3.61. The molecule has 0 amide bonds. The molecule has 1 rings (SSSR count). The predicted molar refractivity (Wildman–Crippen MR) is 37.2 cm³/mol. The molecule has 0 aromatic carbocycles. The standard InChI is InChI=1S/C7H15NO/c1-2-7(3-4-8)5-9-6-7/h2-6,8H2,1H3. The molecule has 0 aromatic heterocycles. The van der Waals surface area contributed by atoms with Crippen LogP contribution in [0.4, 0.5) is 0 Å². The number of rotatable bonds is 3. The molecule has 0 bridgehead atoms. The fourth-order valence-electron chi connectivity index (χ4n) is 1.22. The highest BCUT2D eigenvalue weighted by molar-refractivity contribution is 4.83. The second-order valence-electron chi connectivity index (χ2n) is 2.89. The van der Waals surface area contributed by atoms with Crippen molar-refractivity contribution in [1.82, 2.24) is 0 Å². The van der Waals surface area contributed by atoms with Gasteiger partial charge in [0.1, 0.15) is 0 Å². The van der Waals surface area contributed by atoms with Gasteiger partial charge in [-0.25, -0.2) is 0 Å². The van der Waals surface area contributed by atoms with E-state index < -0.39 is 0 Å². The molecular weight excluding hydrogens is 114 g/mol. The van der Waals surface area contributed by atoms with E-state index in [4.69, 9.17) is 10.5 Å². The van der Waals surface area contributed by atoms with E-state index in [0.717, 1.165) is 26.2 Å². The first kappa shape index (κ1) is 7.03. The fourth-order valence-corrected chi connectivity index (χ4v) is 1.22. The average Bonchev–Trinajstić information content (AvgIpc) is 1.79. The van der Waals surface area contributed by atoms with Gasteiger partial charge in [0.2, 0.25) is 0 Å². The second kappa shape index (κ2) is 2.67. The predicted octanol–water partition coefficient (Wildman–Crippen LogP) is 0.762. The Morgan fingerprint density at radius 2 is 2.22 bits per heavy atom. The Labute approximate surface area is 56.4 Å². The van der Waals surface area contributed by atoms with Crippen LogP contribution in [0.3, 0.4) is 0 Å². The Kier molecular flexibility index (Phi) is 2.09. The molecule has 54 valence electrons. The molecule has 9 heavy (non-hydrogen) atoms. The van der Waals surface area contributed by atoms with Crippen molar-refractivity contribution < 1.29 is 4.74 Å². The van der Waals surface area contributed by atoms with E-state index in [1.807, 2.05) is 0 Å². The molecule has 0 saturated carbocycles. The SMILES string of the molecule is CCC1(CCN)COC1.